The Balaban J connectivity index is 1.79. The number of carbonyl (C=O) groups is 2. The second kappa shape index (κ2) is 6.40. The maximum Gasteiger partial charge on any atom is 0.418 e. The fraction of sp³-hybridized carbons (Fsp3) is 0.300. The number of halogens is 3. The highest BCUT2D eigenvalue weighted by molar-refractivity contribution is 5.96. The number of hydrogen-bond donors (Lipinski definition) is 1. The Morgan fingerprint density at radius 3 is 2.69 bits per heavy atom. The zero-order chi connectivity index (χ0) is 21.0. The lowest BCUT2D eigenvalue weighted by Gasteiger charge is -2.51. The number of fused-ring (bicyclic) bond motifs is 4. The van der Waals surface area contributed by atoms with Gasteiger partial charge in [0.25, 0.3) is 0 Å². The number of hydrogen-bond acceptors (Lipinski definition) is 4. The van der Waals surface area contributed by atoms with Crippen molar-refractivity contribution in [3.8, 4) is 5.75 Å². The molecule has 1 saturated heterocycles. The fourth-order valence-electron chi connectivity index (χ4n) is 3.89. The van der Waals surface area contributed by atoms with Gasteiger partial charge in [0.05, 0.1) is 30.0 Å². The quantitative estimate of drug-likeness (QED) is 0.757. The summed E-state index contributed by atoms with van der Waals surface area (Å²) in [7, 11) is 1.26. The molecule has 2 aliphatic rings. The van der Waals surface area contributed by atoms with E-state index in [0.29, 0.717) is 11.3 Å². The minimum atomic E-state index is -4.63. The van der Waals surface area contributed by atoms with Gasteiger partial charge in [-0.2, -0.15) is 13.2 Å². The molecule has 0 saturated carbocycles. The molecule has 2 atom stereocenters. The third-order valence-electron chi connectivity index (χ3n) is 5.14. The van der Waals surface area contributed by atoms with Crippen LogP contribution in [-0.2, 0) is 10.9 Å². The van der Waals surface area contributed by atoms with Gasteiger partial charge in [-0.05, 0) is 37.3 Å². The molecule has 6 nitrogen and oxygen atoms in total. The molecule has 0 aliphatic carbocycles. The van der Waals surface area contributed by atoms with E-state index in [0.717, 1.165) is 11.0 Å². The van der Waals surface area contributed by atoms with E-state index in [9.17, 15) is 22.8 Å². The maximum atomic E-state index is 13.5. The van der Waals surface area contributed by atoms with E-state index in [4.69, 9.17) is 9.47 Å². The van der Waals surface area contributed by atoms with Crippen molar-refractivity contribution in [2.24, 2.45) is 0 Å². The van der Waals surface area contributed by atoms with Crippen molar-refractivity contribution < 1.29 is 32.2 Å². The predicted octanol–water partition coefficient (Wildman–Crippen LogP) is 4.26. The number of rotatable bonds is 2. The first-order valence-corrected chi connectivity index (χ1v) is 8.82. The third kappa shape index (κ3) is 3.06. The number of nitrogens with zero attached hydrogens (tertiary/aromatic N) is 1. The van der Waals surface area contributed by atoms with E-state index in [-0.39, 0.29) is 17.7 Å². The van der Waals surface area contributed by atoms with Gasteiger partial charge in [-0.15, -0.1) is 0 Å². The summed E-state index contributed by atoms with van der Waals surface area (Å²) >= 11 is 0. The third-order valence-corrected chi connectivity index (χ3v) is 5.14. The monoisotopic (exact) mass is 406 g/mol. The van der Waals surface area contributed by atoms with Crippen LogP contribution in [0.25, 0.3) is 0 Å². The van der Waals surface area contributed by atoms with Gasteiger partial charge < -0.3 is 14.8 Å². The SMILES string of the molecule is COC(=O)c1ccc2c(c1)[C@H]1C[C@](C)(O2)N(c2ccccc2C(F)(F)F)C(=O)N1. The van der Waals surface area contributed by atoms with Gasteiger partial charge in [-0.3, -0.25) is 4.90 Å². The Bertz CT molecular complexity index is 1010. The normalized spacial score (nSPS) is 23.0. The summed E-state index contributed by atoms with van der Waals surface area (Å²) in [5, 5.41) is 2.73. The lowest BCUT2D eigenvalue weighted by molar-refractivity contribution is -0.137. The van der Waals surface area contributed by atoms with Crippen LogP contribution in [0.5, 0.6) is 5.75 Å². The van der Waals surface area contributed by atoms with Gasteiger partial charge in [0.15, 0.2) is 5.72 Å². The maximum absolute atomic E-state index is 13.5. The number of amides is 2. The number of carbonyl (C=O) groups excluding carboxylic acids is 2. The molecular weight excluding hydrogens is 389 g/mol. The second-order valence-corrected chi connectivity index (χ2v) is 7.08. The van der Waals surface area contributed by atoms with Gasteiger partial charge >= 0.3 is 18.2 Å². The molecule has 2 bridgehead atoms. The van der Waals surface area contributed by atoms with Crippen molar-refractivity contribution in [2.45, 2.75) is 31.3 Å². The van der Waals surface area contributed by atoms with Crippen molar-refractivity contribution >= 4 is 17.7 Å². The highest BCUT2D eigenvalue weighted by atomic mass is 19.4. The minimum Gasteiger partial charge on any atom is -0.467 e. The lowest BCUT2D eigenvalue weighted by Crippen LogP contribution is -2.65. The second-order valence-electron chi connectivity index (χ2n) is 7.08. The Morgan fingerprint density at radius 2 is 2.00 bits per heavy atom. The Labute approximate surface area is 164 Å². The Kier molecular flexibility index (Phi) is 4.21. The Morgan fingerprint density at radius 1 is 1.28 bits per heavy atom. The summed E-state index contributed by atoms with van der Waals surface area (Å²) in [6, 6.07) is 8.26. The highest BCUT2D eigenvalue weighted by Gasteiger charge is 2.51. The van der Waals surface area contributed by atoms with Crippen molar-refractivity contribution in [3.63, 3.8) is 0 Å². The number of ether oxygens (including phenoxy) is 2. The molecule has 0 aromatic heterocycles. The van der Waals surface area contributed by atoms with Crippen LogP contribution < -0.4 is 15.0 Å². The van der Waals surface area contributed by atoms with Crippen LogP contribution in [-0.4, -0.2) is 24.8 Å². The fourth-order valence-corrected chi connectivity index (χ4v) is 3.89. The number of nitrogens with one attached hydrogen (secondary N) is 1. The molecule has 2 amide bonds. The summed E-state index contributed by atoms with van der Waals surface area (Å²) in [5.74, 6) is -0.158. The van der Waals surface area contributed by atoms with E-state index < -0.39 is 35.5 Å². The number of para-hydroxylation sites is 1. The number of urea groups is 1. The van der Waals surface area contributed by atoms with Gasteiger partial charge in [0, 0.05) is 12.0 Å². The topological polar surface area (TPSA) is 67.9 Å². The number of esters is 1. The van der Waals surface area contributed by atoms with Crippen molar-refractivity contribution in [1.82, 2.24) is 5.32 Å². The van der Waals surface area contributed by atoms with Crippen LogP contribution in [0.15, 0.2) is 42.5 Å². The lowest BCUT2D eigenvalue weighted by atomic mass is 9.89. The minimum absolute atomic E-state index is 0.197. The smallest absolute Gasteiger partial charge is 0.418 e. The average Bonchev–Trinajstić information content (AvgIpc) is 2.66. The van der Waals surface area contributed by atoms with Crippen LogP contribution in [0.4, 0.5) is 23.7 Å². The number of benzene rings is 2. The standard InChI is InChI=1S/C20H17F3N2O4/c1-19-10-14(12-9-11(17(26)28-2)7-8-16(12)29-19)24-18(27)25(19)15-6-4-3-5-13(15)20(21,22)23/h3-9,14H,10H2,1-2H3,(H,24,27)/t14-,19+/m1/s1. The van der Waals surface area contributed by atoms with E-state index >= 15 is 0 Å². The van der Waals surface area contributed by atoms with E-state index in [2.05, 4.69) is 5.32 Å². The van der Waals surface area contributed by atoms with E-state index in [1.54, 1.807) is 19.1 Å². The van der Waals surface area contributed by atoms with E-state index in [1.807, 2.05) is 0 Å². The molecule has 0 spiro atoms. The van der Waals surface area contributed by atoms with Crippen LogP contribution in [0.1, 0.15) is 40.9 Å². The number of anilines is 1. The van der Waals surface area contributed by atoms with Crippen molar-refractivity contribution in [3.05, 3.63) is 59.2 Å². The summed E-state index contributed by atoms with van der Waals surface area (Å²) in [6.45, 7) is 1.57. The molecule has 9 heteroatoms. The molecule has 29 heavy (non-hydrogen) atoms. The summed E-state index contributed by atoms with van der Waals surface area (Å²) in [6.07, 6.45) is -4.44. The highest BCUT2D eigenvalue weighted by Crippen LogP contribution is 2.48. The van der Waals surface area contributed by atoms with Gasteiger partial charge in [0.2, 0.25) is 0 Å². The number of alkyl halides is 3. The molecule has 1 N–H and O–H groups in total. The van der Waals surface area contributed by atoms with Gasteiger partial charge in [0.1, 0.15) is 5.75 Å². The molecule has 0 radical (unpaired) electrons. The molecule has 2 aromatic rings. The molecular formula is C20H17F3N2O4. The average molecular weight is 406 g/mol. The van der Waals surface area contributed by atoms with Gasteiger partial charge in [-0.25, -0.2) is 9.59 Å². The summed E-state index contributed by atoms with van der Waals surface area (Å²) < 4.78 is 51.3. The van der Waals surface area contributed by atoms with Crippen LogP contribution in [0, 0.1) is 0 Å². The first kappa shape index (κ1) is 19.1. The molecule has 2 aliphatic heterocycles. The zero-order valence-corrected chi connectivity index (χ0v) is 15.5. The molecule has 152 valence electrons. The first-order chi connectivity index (χ1) is 13.6. The van der Waals surface area contributed by atoms with E-state index in [1.165, 1.54) is 31.4 Å². The predicted molar refractivity (Wildman–Crippen MR) is 96.6 cm³/mol. The zero-order valence-electron chi connectivity index (χ0n) is 15.5. The summed E-state index contributed by atoms with van der Waals surface area (Å²) in [5.41, 5.74) is -1.69. The first-order valence-electron chi connectivity index (χ1n) is 8.82. The van der Waals surface area contributed by atoms with Crippen molar-refractivity contribution in [1.29, 1.82) is 0 Å². The number of methoxy groups -OCH3 is 1. The summed E-state index contributed by atoms with van der Waals surface area (Å²) in [4.78, 5) is 25.7. The van der Waals surface area contributed by atoms with Crippen molar-refractivity contribution in [2.75, 3.05) is 12.0 Å². The van der Waals surface area contributed by atoms with Crippen LogP contribution in [0.3, 0.4) is 0 Å². The molecule has 4 rings (SSSR count). The van der Waals surface area contributed by atoms with Gasteiger partial charge in [-0.1, -0.05) is 12.1 Å². The molecule has 2 aromatic carbocycles. The molecule has 0 unspecified atom stereocenters. The largest absolute Gasteiger partial charge is 0.467 e. The molecule has 1 fully saturated rings. The molecule has 2 heterocycles. The van der Waals surface area contributed by atoms with Crippen LogP contribution in [0.2, 0.25) is 0 Å². The van der Waals surface area contributed by atoms with Crippen LogP contribution >= 0.6 is 0 Å². The Hall–Kier alpha value is -3.23.